The van der Waals surface area contributed by atoms with Gasteiger partial charge in [-0.1, -0.05) is 23.7 Å². The van der Waals surface area contributed by atoms with Gasteiger partial charge in [-0.3, -0.25) is 4.79 Å². The minimum atomic E-state index is -0.0174. The fourth-order valence-corrected chi connectivity index (χ4v) is 3.02. The van der Waals surface area contributed by atoms with Gasteiger partial charge in [-0.25, -0.2) is 4.98 Å². The highest BCUT2D eigenvalue weighted by Crippen LogP contribution is 2.26. The van der Waals surface area contributed by atoms with E-state index in [1.165, 1.54) is 0 Å². The predicted octanol–water partition coefficient (Wildman–Crippen LogP) is 2.24. The Morgan fingerprint density at radius 2 is 1.82 bits per heavy atom. The zero-order chi connectivity index (χ0) is 15.5. The van der Waals surface area contributed by atoms with E-state index in [1.54, 1.807) is 17.0 Å². The number of benzene rings is 1. The molecule has 0 atom stereocenters. The summed E-state index contributed by atoms with van der Waals surface area (Å²) >= 11 is 6.25. The van der Waals surface area contributed by atoms with Crippen molar-refractivity contribution < 1.29 is 0 Å². The molecule has 0 amide bonds. The maximum atomic E-state index is 12.3. The summed E-state index contributed by atoms with van der Waals surface area (Å²) in [4.78, 5) is 20.9. The molecule has 0 saturated carbocycles. The van der Waals surface area contributed by atoms with Crippen LogP contribution < -0.4 is 15.4 Å². The Labute approximate surface area is 134 Å². The van der Waals surface area contributed by atoms with Gasteiger partial charge in [0.25, 0.3) is 5.56 Å². The van der Waals surface area contributed by atoms with Crippen molar-refractivity contribution in [1.82, 2.24) is 9.55 Å². The molecule has 1 aliphatic rings. The third kappa shape index (κ3) is 2.81. The Kier molecular flexibility index (Phi) is 4.34. The van der Waals surface area contributed by atoms with Crippen LogP contribution in [-0.2, 0) is 6.54 Å². The normalized spacial score (nSPS) is 15.2. The lowest BCUT2D eigenvalue weighted by molar-refractivity contribution is 0.632. The van der Waals surface area contributed by atoms with Crippen LogP contribution in [0.2, 0.25) is 5.02 Å². The van der Waals surface area contributed by atoms with E-state index in [0.29, 0.717) is 12.4 Å². The second kappa shape index (κ2) is 6.40. The molecule has 2 aromatic rings. The number of rotatable bonds is 3. The average Bonchev–Trinajstić information content (AvgIpc) is 2.56. The monoisotopic (exact) mass is 318 g/mol. The molecule has 5 nitrogen and oxygen atoms in total. The Balaban J connectivity index is 1.75. The number of para-hydroxylation sites is 1. The molecule has 6 heteroatoms. The standard InChI is InChI=1S/C16H19ClN4O/c1-2-19-8-7-18-15(16(19)22)21-11-9-20(10-12-21)14-6-4-3-5-13(14)17/h3-8H,2,9-12H2,1H3. The maximum absolute atomic E-state index is 12.3. The molecule has 2 heterocycles. The van der Waals surface area contributed by atoms with E-state index in [0.717, 1.165) is 36.9 Å². The van der Waals surface area contributed by atoms with Crippen LogP contribution in [0.4, 0.5) is 11.5 Å². The highest BCUT2D eigenvalue weighted by Gasteiger charge is 2.21. The van der Waals surface area contributed by atoms with Crippen LogP contribution in [0.3, 0.4) is 0 Å². The van der Waals surface area contributed by atoms with E-state index < -0.39 is 0 Å². The van der Waals surface area contributed by atoms with Gasteiger partial charge < -0.3 is 14.4 Å². The fraction of sp³-hybridized carbons (Fsp3) is 0.375. The van der Waals surface area contributed by atoms with E-state index in [9.17, 15) is 4.79 Å². The maximum Gasteiger partial charge on any atom is 0.293 e. The van der Waals surface area contributed by atoms with E-state index >= 15 is 0 Å². The van der Waals surface area contributed by atoms with Gasteiger partial charge in [0.15, 0.2) is 5.82 Å². The molecule has 1 aromatic heterocycles. The minimum Gasteiger partial charge on any atom is -0.367 e. The molecule has 3 rings (SSSR count). The van der Waals surface area contributed by atoms with Crippen molar-refractivity contribution in [3.63, 3.8) is 0 Å². The van der Waals surface area contributed by atoms with Crippen LogP contribution in [0.5, 0.6) is 0 Å². The number of aromatic nitrogens is 2. The first-order valence-corrected chi connectivity index (χ1v) is 7.88. The number of nitrogens with zero attached hydrogens (tertiary/aromatic N) is 4. The number of aryl methyl sites for hydroxylation is 1. The van der Waals surface area contributed by atoms with Crippen molar-refractivity contribution in [3.8, 4) is 0 Å². The summed E-state index contributed by atoms with van der Waals surface area (Å²) < 4.78 is 1.68. The SMILES string of the molecule is CCn1ccnc(N2CCN(c3ccccc3Cl)CC2)c1=O. The summed E-state index contributed by atoms with van der Waals surface area (Å²) in [7, 11) is 0. The van der Waals surface area contributed by atoms with Gasteiger partial charge in [0.2, 0.25) is 0 Å². The second-order valence-corrected chi connectivity index (χ2v) is 5.67. The van der Waals surface area contributed by atoms with Crippen molar-refractivity contribution in [1.29, 1.82) is 0 Å². The van der Waals surface area contributed by atoms with Crippen molar-refractivity contribution in [2.45, 2.75) is 13.5 Å². The molecule has 116 valence electrons. The summed E-state index contributed by atoms with van der Waals surface area (Å²) in [5.41, 5.74) is 1.03. The molecule has 0 unspecified atom stereocenters. The Morgan fingerprint density at radius 3 is 2.50 bits per heavy atom. The molecule has 0 aliphatic carbocycles. The second-order valence-electron chi connectivity index (χ2n) is 5.27. The largest absolute Gasteiger partial charge is 0.367 e. The van der Waals surface area contributed by atoms with Gasteiger partial charge in [0, 0.05) is 45.1 Å². The molecular formula is C16H19ClN4O. The third-order valence-electron chi connectivity index (χ3n) is 4.01. The molecule has 1 saturated heterocycles. The fourth-order valence-electron chi connectivity index (χ4n) is 2.77. The lowest BCUT2D eigenvalue weighted by Crippen LogP contribution is -2.48. The zero-order valence-corrected chi connectivity index (χ0v) is 13.3. The number of hydrogen-bond donors (Lipinski definition) is 0. The number of piperazine rings is 1. The van der Waals surface area contributed by atoms with Crippen LogP contribution in [-0.4, -0.2) is 35.7 Å². The summed E-state index contributed by atoms with van der Waals surface area (Å²) in [5.74, 6) is 0.545. The molecule has 1 aliphatic heterocycles. The van der Waals surface area contributed by atoms with Crippen LogP contribution in [0.1, 0.15) is 6.92 Å². The Hall–Kier alpha value is -2.01. The number of anilines is 2. The average molecular weight is 319 g/mol. The Bertz CT molecular complexity index is 707. The predicted molar refractivity (Wildman–Crippen MR) is 90.0 cm³/mol. The van der Waals surface area contributed by atoms with Gasteiger partial charge in [-0.05, 0) is 19.1 Å². The summed E-state index contributed by atoms with van der Waals surface area (Å²) in [6, 6.07) is 7.86. The highest BCUT2D eigenvalue weighted by molar-refractivity contribution is 6.33. The first kappa shape index (κ1) is 14.9. The first-order valence-electron chi connectivity index (χ1n) is 7.50. The molecule has 0 radical (unpaired) electrons. The summed E-state index contributed by atoms with van der Waals surface area (Å²) in [6.45, 7) is 5.80. The molecule has 0 spiro atoms. The molecule has 0 bridgehead atoms. The van der Waals surface area contributed by atoms with E-state index in [-0.39, 0.29) is 5.56 Å². The van der Waals surface area contributed by atoms with Gasteiger partial charge >= 0.3 is 0 Å². The first-order chi connectivity index (χ1) is 10.7. The molecular weight excluding hydrogens is 300 g/mol. The molecule has 1 aromatic carbocycles. The number of halogens is 1. The summed E-state index contributed by atoms with van der Waals surface area (Å²) in [6.07, 6.45) is 3.42. The topological polar surface area (TPSA) is 41.4 Å². The smallest absolute Gasteiger partial charge is 0.293 e. The highest BCUT2D eigenvalue weighted by atomic mass is 35.5. The lowest BCUT2D eigenvalue weighted by atomic mass is 10.2. The van der Waals surface area contributed by atoms with Crippen LogP contribution in [0.25, 0.3) is 0 Å². The summed E-state index contributed by atoms with van der Waals surface area (Å²) in [5, 5.41) is 0.766. The van der Waals surface area contributed by atoms with Crippen molar-refractivity contribution >= 4 is 23.1 Å². The van der Waals surface area contributed by atoms with Gasteiger partial charge in [0.05, 0.1) is 10.7 Å². The van der Waals surface area contributed by atoms with E-state index in [2.05, 4.69) is 14.8 Å². The van der Waals surface area contributed by atoms with E-state index in [1.807, 2.05) is 31.2 Å². The van der Waals surface area contributed by atoms with Crippen molar-refractivity contribution in [2.75, 3.05) is 36.0 Å². The molecule has 0 N–H and O–H groups in total. The molecule has 1 fully saturated rings. The van der Waals surface area contributed by atoms with Gasteiger partial charge in [0.1, 0.15) is 0 Å². The lowest BCUT2D eigenvalue weighted by Gasteiger charge is -2.36. The van der Waals surface area contributed by atoms with Gasteiger partial charge in [-0.2, -0.15) is 0 Å². The van der Waals surface area contributed by atoms with Gasteiger partial charge in [-0.15, -0.1) is 0 Å². The Morgan fingerprint density at radius 1 is 1.14 bits per heavy atom. The third-order valence-corrected chi connectivity index (χ3v) is 4.33. The van der Waals surface area contributed by atoms with Crippen LogP contribution in [0, 0.1) is 0 Å². The quantitative estimate of drug-likeness (QED) is 0.870. The zero-order valence-electron chi connectivity index (χ0n) is 12.6. The van der Waals surface area contributed by atoms with Crippen LogP contribution in [0.15, 0.2) is 41.5 Å². The van der Waals surface area contributed by atoms with Crippen molar-refractivity contribution in [3.05, 3.63) is 52.0 Å². The van der Waals surface area contributed by atoms with Crippen molar-refractivity contribution in [2.24, 2.45) is 0 Å². The minimum absolute atomic E-state index is 0.0174. The van der Waals surface area contributed by atoms with Crippen LogP contribution >= 0.6 is 11.6 Å². The molecule has 22 heavy (non-hydrogen) atoms. The number of hydrogen-bond acceptors (Lipinski definition) is 4. The van der Waals surface area contributed by atoms with E-state index in [4.69, 9.17) is 11.6 Å².